The first-order valence-electron chi connectivity index (χ1n) is 8.07. The molecule has 3 rings (SSSR count). The predicted octanol–water partition coefficient (Wildman–Crippen LogP) is 2.61. The van der Waals surface area contributed by atoms with E-state index in [2.05, 4.69) is 6.07 Å². The maximum atomic E-state index is 12.9. The van der Waals surface area contributed by atoms with Crippen LogP contribution in [0, 0.1) is 5.92 Å². The van der Waals surface area contributed by atoms with Gasteiger partial charge in [0.05, 0.1) is 5.92 Å². The van der Waals surface area contributed by atoms with Crippen molar-refractivity contribution in [1.82, 2.24) is 4.90 Å². The van der Waals surface area contributed by atoms with Gasteiger partial charge in [0, 0.05) is 30.7 Å². The van der Waals surface area contributed by atoms with E-state index in [0.717, 1.165) is 25.1 Å². The molecule has 2 aliphatic rings. The lowest BCUT2D eigenvalue weighted by atomic mass is 9.99. The van der Waals surface area contributed by atoms with Crippen molar-refractivity contribution in [2.75, 3.05) is 18.0 Å². The SMILES string of the molecule is CC(C)(C)N1CC(C(=O)N2CCCc3ccccc32)CC1=O. The van der Waals surface area contributed by atoms with Gasteiger partial charge in [0.1, 0.15) is 0 Å². The molecule has 0 bridgehead atoms. The molecule has 0 aliphatic carbocycles. The normalized spacial score (nSPS) is 22.0. The Hall–Kier alpha value is -1.84. The molecule has 2 heterocycles. The molecule has 1 atom stereocenters. The lowest BCUT2D eigenvalue weighted by molar-refractivity contribution is -0.131. The van der Waals surface area contributed by atoms with E-state index in [0.29, 0.717) is 13.0 Å². The zero-order valence-corrected chi connectivity index (χ0v) is 13.6. The summed E-state index contributed by atoms with van der Waals surface area (Å²) in [4.78, 5) is 28.9. The molecule has 1 aromatic rings. The van der Waals surface area contributed by atoms with Crippen molar-refractivity contribution in [2.45, 2.75) is 45.6 Å². The van der Waals surface area contributed by atoms with Gasteiger partial charge in [-0.1, -0.05) is 18.2 Å². The Balaban J connectivity index is 1.80. The van der Waals surface area contributed by atoms with Crippen LogP contribution in [0.1, 0.15) is 39.2 Å². The van der Waals surface area contributed by atoms with Gasteiger partial charge in [-0.05, 0) is 45.2 Å². The first-order valence-corrected chi connectivity index (χ1v) is 8.07. The van der Waals surface area contributed by atoms with Crippen LogP contribution in [-0.4, -0.2) is 35.3 Å². The highest BCUT2D eigenvalue weighted by atomic mass is 16.2. The van der Waals surface area contributed by atoms with Gasteiger partial charge in [0.25, 0.3) is 0 Å². The Kier molecular flexibility index (Phi) is 3.71. The monoisotopic (exact) mass is 300 g/mol. The molecule has 1 saturated heterocycles. The Morgan fingerprint density at radius 3 is 2.64 bits per heavy atom. The third kappa shape index (κ3) is 2.62. The predicted molar refractivity (Wildman–Crippen MR) is 86.7 cm³/mol. The smallest absolute Gasteiger partial charge is 0.232 e. The molecule has 4 heteroatoms. The van der Waals surface area contributed by atoms with Gasteiger partial charge < -0.3 is 9.80 Å². The first-order chi connectivity index (χ1) is 10.4. The fraction of sp³-hybridized carbons (Fsp3) is 0.556. The second-order valence-corrected chi connectivity index (χ2v) is 7.30. The van der Waals surface area contributed by atoms with E-state index in [1.165, 1.54) is 5.56 Å². The summed E-state index contributed by atoms with van der Waals surface area (Å²) in [5.74, 6) is -0.0127. The number of rotatable bonds is 1. The van der Waals surface area contributed by atoms with Crippen LogP contribution in [0.2, 0.25) is 0 Å². The summed E-state index contributed by atoms with van der Waals surface area (Å²) >= 11 is 0. The average Bonchev–Trinajstić information content (AvgIpc) is 2.88. The number of benzene rings is 1. The van der Waals surface area contributed by atoms with Crippen molar-refractivity contribution in [1.29, 1.82) is 0 Å². The molecule has 0 aromatic heterocycles. The number of anilines is 1. The van der Waals surface area contributed by atoms with Crippen LogP contribution < -0.4 is 4.90 Å². The van der Waals surface area contributed by atoms with E-state index in [-0.39, 0.29) is 23.3 Å². The van der Waals surface area contributed by atoms with Gasteiger partial charge in [0.2, 0.25) is 11.8 Å². The quantitative estimate of drug-likeness (QED) is 0.800. The van der Waals surface area contributed by atoms with Gasteiger partial charge in [-0.15, -0.1) is 0 Å². The second-order valence-electron chi connectivity index (χ2n) is 7.30. The zero-order chi connectivity index (χ0) is 15.9. The molecule has 0 spiro atoms. The van der Waals surface area contributed by atoms with Crippen LogP contribution >= 0.6 is 0 Å². The summed E-state index contributed by atoms with van der Waals surface area (Å²) in [7, 11) is 0. The van der Waals surface area contributed by atoms with Crippen LogP contribution in [0.5, 0.6) is 0 Å². The van der Waals surface area contributed by atoms with E-state index in [4.69, 9.17) is 0 Å². The number of hydrogen-bond acceptors (Lipinski definition) is 2. The highest BCUT2D eigenvalue weighted by molar-refractivity contribution is 6.00. The summed E-state index contributed by atoms with van der Waals surface area (Å²) in [5.41, 5.74) is 2.05. The Labute approximate surface area is 132 Å². The average molecular weight is 300 g/mol. The maximum Gasteiger partial charge on any atom is 0.232 e. The number of likely N-dealkylation sites (tertiary alicyclic amines) is 1. The zero-order valence-electron chi connectivity index (χ0n) is 13.6. The summed E-state index contributed by atoms with van der Waals surface area (Å²) in [6.45, 7) is 7.37. The van der Waals surface area contributed by atoms with Gasteiger partial charge in [-0.2, -0.15) is 0 Å². The Bertz CT molecular complexity index is 603. The summed E-state index contributed by atoms with van der Waals surface area (Å²) in [6.07, 6.45) is 2.36. The van der Waals surface area contributed by atoms with E-state index in [1.807, 2.05) is 48.8 Å². The number of aryl methyl sites for hydroxylation is 1. The van der Waals surface area contributed by atoms with Crippen LogP contribution in [0.15, 0.2) is 24.3 Å². The minimum atomic E-state index is -0.216. The number of fused-ring (bicyclic) bond motifs is 1. The molecule has 0 saturated carbocycles. The lowest BCUT2D eigenvalue weighted by Crippen LogP contribution is -2.44. The minimum Gasteiger partial charge on any atom is -0.337 e. The number of nitrogens with zero attached hydrogens (tertiary/aromatic N) is 2. The number of carbonyl (C=O) groups excluding carboxylic acids is 2. The highest BCUT2D eigenvalue weighted by Gasteiger charge is 2.41. The number of para-hydroxylation sites is 1. The van der Waals surface area contributed by atoms with Crippen molar-refractivity contribution in [2.24, 2.45) is 5.92 Å². The highest BCUT2D eigenvalue weighted by Crippen LogP contribution is 2.32. The molecular formula is C18H24N2O2. The number of hydrogen-bond donors (Lipinski definition) is 0. The van der Waals surface area contributed by atoms with Gasteiger partial charge in [0.15, 0.2) is 0 Å². The molecule has 2 amide bonds. The van der Waals surface area contributed by atoms with Gasteiger partial charge in [-0.3, -0.25) is 9.59 Å². The van der Waals surface area contributed by atoms with Crippen molar-refractivity contribution in [3.63, 3.8) is 0 Å². The molecule has 1 aromatic carbocycles. The first kappa shape index (κ1) is 15.1. The van der Waals surface area contributed by atoms with E-state index in [1.54, 1.807) is 0 Å². The molecule has 1 unspecified atom stereocenters. The molecule has 22 heavy (non-hydrogen) atoms. The van der Waals surface area contributed by atoms with E-state index in [9.17, 15) is 9.59 Å². The summed E-state index contributed by atoms with van der Waals surface area (Å²) in [5, 5.41) is 0. The van der Waals surface area contributed by atoms with Crippen LogP contribution in [0.3, 0.4) is 0 Å². The summed E-state index contributed by atoms with van der Waals surface area (Å²) in [6, 6.07) is 8.11. The fourth-order valence-electron chi connectivity index (χ4n) is 3.50. The number of carbonyl (C=O) groups is 2. The molecule has 0 radical (unpaired) electrons. The minimum absolute atomic E-state index is 0.0937. The standard InChI is InChI=1S/C18H24N2O2/c1-18(2,3)20-12-14(11-16(20)21)17(22)19-10-6-8-13-7-4-5-9-15(13)19/h4-5,7,9,14H,6,8,10-12H2,1-3H3. The fourth-order valence-corrected chi connectivity index (χ4v) is 3.50. The van der Waals surface area contributed by atoms with Crippen molar-refractivity contribution in [3.8, 4) is 0 Å². The van der Waals surface area contributed by atoms with Crippen LogP contribution in [0.25, 0.3) is 0 Å². The largest absolute Gasteiger partial charge is 0.337 e. The lowest BCUT2D eigenvalue weighted by Gasteiger charge is -2.33. The van der Waals surface area contributed by atoms with Crippen LogP contribution in [0.4, 0.5) is 5.69 Å². The molecular weight excluding hydrogens is 276 g/mol. The van der Waals surface area contributed by atoms with Crippen molar-refractivity contribution >= 4 is 17.5 Å². The third-order valence-electron chi connectivity index (χ3n) is 4.66. The second kappa shape index (κ2) is 5.41. The van der Waals surface area contributed by atoms with E-state index < -0.39 is 0 Å². The maximum absolute atomic E-state index is 12.9. The topological polar surface area (TPSA) is 40.6 Å². The van der Waals surface area contributed by atoms with Gasteiger partial charge in [-0.25, -0.2) is 0 Å². The van der Waals surface area contributed by atoms with Gasteiger partial charge >= 0.3 is 0 Å². The van der Waals surface area contributed by atoms with E-state index >= 15 is 0 Å². The molecule has 2 aliphatic heterocycles. The molecule has 1 fully saturated rings. The molecule has 118 valence electrons. The Morgan fingerprint density at radius 2 is 1.95 bits per heavy atom. The molecule has 4 nitrogen and oxygen atoms in total. The molecule has 0 N–H and O–H groups in total. The van der Waals surface area contributed by atoms with Crippen molar-refractivity contribution < 1.29 is 9.59 Å². The van der Waals surface area contributed by atoms with Crippen LogP contribution in [-0.2, 0) is 16.0 Å². The number of amides is 2. The third-order valence-corrected chi connectivity index (χ3v) is 4.66. The van der Waals surface area contributed by atoms with Crippen molar-refractivity contribution in [3.05, 3.63) is 29.8 Å². The Morgan fingerprint density at radius 1 is 1.23 bits per heavy atom. The summed E-state index contributed by atoms with van der Waals surface area (Å²) < 4.78 is 0.